The molecule has 0 spiro atoms. The van der Waals surface area contributed by atoms with Crippen LogP contribution in [0.2, 0.25) is 0 Å². The second kappa shape index (κ2) is 4.97. The van der Waals surface area contributed by atoms with Gasteiger partial charge in [-0.05, 0) is 19.1 Å². The first-order valence-corrected chi connectivity index (χ1v) is 7.27. The fourth-order valence-electron chi connectivity index (χ4n) is 1.75. The van der Waals surface area contributed by atoms with Crippen LogP contribution in [-0.4, -0.2) is 38.5 Å². The monoisotopic (exact) mass is 279 g/mol. The van der Waals surface area contributed by atoms with Crippen LogP contribution in [0.4, 0.5) is 0 Å². The quantitative estimate of drug-likeness (QED) is 0.786. The Hall–Kier alpha value is -0.560. The topological polar surface area (TPSA) is 59.8 Å². The van der Waals surface area contributed by atoms with E-state index < -0.39 is 10.0 Å². The van der Waals surface area contributed by atoms with Crippen LogP contribution < -0.4 is 0 Å². The Balaban J connectivity index is 2.28. The number of morpholine rings is 1. The highest BCUT2D eigenvalue weighted by Gasteiger charge is 2.33. The predicted octanol–water partition coefficient (Wildman–Crippen LogP) is 1.43. The maximum Gasteiger partial charge on any atom is 0.276 e. The Bertz CT molecular complexity index is 484. The highest BCUT2D eigenvalue weighted by molar-refractivity contribution is 7.89. The summed E-state index contributed by atoms with van der Waals surface area (Å²) in [4.78, 5) is 0. The average Bonchev–Trinajstić information content (AvgIpc) is 2.78. The normalized spacial score (nSPS) is 22.8. The Morgan fingerprint density at radius 1 is 1.53 bits per heavy atom. The molecule has 1 unspecified atom stereocenters. The first-order valence-electron chi connectivity index (χ1n) is 5.30. The molecule has 0 amide bonds. The molecular formula is C10H14ClNO4S. The largest absolute Gasteiger partial charge is 0.447 e. The highest BCUT2D eigenvalue weighted by Crippen LogP contribution is 2.22. The Labute approximate surface area is 105 Å². The summed E-state index contributed by atoms with van der Waals surface area (Å²) >= 11 is 5.58. The van der Waals surface area contributed by atoms with Gasteiger partial charge in [-0.1, -0.05) is 0 Å². The van der Waals surface area contributed by atoms with E-state index in [1.165, 1.54) is 10.4 Å². The van der Waals surface area contributed by atoms with Crippen LogP contribution in [0.15, 0.2) is 21.6 Å². The molecule has 0 N–H and O–H groups in total. The minimum absolute atomic E-state index is 0.0538. The van der Waals surface area contributed by atoms with Crippen LogP contribution in [0.5, 0.6) is 0 Å². The van der Waals surface area contributed by atoms with E-state index in [0.717, 1.165) is 0 Å². The Morgan fingerprint density at radius 3 is 2.88 bits per heavy atom. The van der Waals surface area contributed by atoms with Crippen LogP contribution in [0.25, 0.3) is 0 Å². The third-order valence-corrected chi connectivity index (χ3v) is 4.79. The van der Waals surface area contributed by atoms with Gasteiger partial charge in [0.05, 0.1) is 19.1 Å². The number of halogens is 1. The fourth-order valence-corrected chi connectivity index (χ4v) is 3.43. The van der Waals surface area contributed by atoms with Crippen LogP contribution in [-0.2, 0) is 20.6 Å². The molecule has 1 aromatic heterocycles. The molecule has 0 aromatic carbocycles. The second-order valence-electron chi connectivity index (χ2n) is 3.89. The van der Waals surface area contributed by atoms with Gasteiger partial charge < -0.3 is 9.15 Å². The highest BCUT2D eigenvalue weighted by atomic mass is 35.5. The summed E-state index contributed by atoms with van der Waals surface area (Å²) in [7, 11) is -3.57. The lowest BCUT2D eigenvalue weighted by atomic mass is 10.3. The molecule has 2 heterocycles. The molecule has 0 aliphatic carbocycles. The SMILES string of the molecule is CC1COCCN1S(=O)(=O)c1ccc(CCl)o1. The first kappa shape index (κ1) is 12.9. The van der Waals surface area contributed by atoms with Gasteiger partial charge in [-0.3, -0.25) is 0 Å². The van der Waals surface area contributed by atoms with Crippen molar-refractivity contribution in [3.8, 4) is 0 Å². The molecule has 2 rings (SSSR count). The molecule has 17 heavy (non-hydrogen) atoms. The molecule has 1 saturated heterocycles. The van der Waals surface area contributed by atoms with Gasteiger partial charge in [0.25, 0.3) is 10.0 Å². The standard InChI is InChI=1S/C10H14ClNO4S/c1-8-7-15-5-4-12(8)17(13,14)10-3-2-9(6-11)16-10/h2-3,8H,4-7H2,1H3. The summed E-state index contributed by atoms with van der Waals surface area (Å²) in [5, 5.41) is -0.0538. The fraction of sp³-hybridized carbons (Fsp3) is 0.600. The zero-order valence-electron chi connectivity index (χ0n) is 9.43. The Morgan fingerprint density at radius 2 is 2.29 bits per heavy atom. The number of hydrogen-bond acceptors (Lipinski definition) is 4. The molecule has 1 atom stereocenters. The lowest BCUT2D eigenvalue weighted by molar-refractivity contribution is 0.0386. The summed E-state index contributed by atoms with van der Waals surface area (Å²) < 4.78 is 36.3. The summed E-state index contributed by atoms with van der Waals surface area (Å²) in [6.07, 6.45) is 0. The molecule has 0 bridgehead atoms. The maximum atomic E-state index is 12.3. The molecule has 1 aliphatic heterocycles. The summed E-state index contributed by atoms with van der Waals surface area (Å²) in [6, 6.07) is 2.83. The van der Waals surface area contributed by atoms with Crippen LogP contribution in [0.1, 0.15) is 12.7 Å². The molecular weight excluding hydrogens is 266 g/mol. The number of ether oxygens (including phenoxy) is 1. The first-order chi connectivity index (χ1) is 8.05. The van der Waals surface area contributed by atoms with Crippen LogP contribution in [0.3, 0.4) is 0 Å². The number of alkyl halides is 1. The van der Waals surface area contributed by atoms with E-state index >= 15 is 0 Å². The third-order valence-electron chi connectivity index (χ3n) is 2.64. The van der Waals surface area contributed by atoms with E-state index in [2.05, 4.69) is 0 Å². The molecule has 1 aromatic rings. The van der Waals surface area contributed by atoms with Gasteiger partial charge in [-0.2, -0.15) is 4.31 Å². The minimum atomic E-state index is -3.57. The lowest BCUT2D eigenvalue weighted by Crippen LogP contribution is -2.46. The van der Waals surface area contributed by atoms with Crippen molar-refractivity contribution in [1.29, 1.82) is 0 Å². The van der Waals surface area contributed by atoms with Crippen molar-refractivity contribution in [2.24, 2.45) is 0 Å². The zero-order chi connectivity index (χ0) is 12.5. The number of sulfonamides is 1. The third kappa shape index (κ3) is 2.49. The average molecular weight is 280 g/mol. The van der Waals surface area contributed by atoms with E-state index in [-0.39, 0.29) is 17.0 Å². The smallest absolute Gasteiger partial charge is 0.276 e. The number of furan rings is 1. The number of rotatable bonds is 3. The summed E-state index contributed by atoms with van der Waals surface area (Å²) in [6.45, 7) is 2.97. The van der Waals surface area contributed by atoms with Crippen molar-refractivity contribution in [3.63, 3.8) is 0 Å². The molecule has 96 valence electrons. The molecule has 1 fully saturated rings. The van der Waals surface area contributed by atoms with Crippen molar-refractivity contribution in [1.82, 2.24) is 4.31 Å². The van der Waals surface area contributed by atoms with E-state index in [1.54, 1.807) is 6.07 Å². The van der Waals surface area contributed by atoms with Gasteiger partial charge in [0, 0.05) is 12.6 Å². The zero-order valence-corrected chi connectivity index (χ0v) is 11.0. The number of nitrogens with zero attached hydrogens (tertiary/aromatic N) is 1. The summed E-state index contributed by atoms with van der Waals surface area (Å²) in [5.74, 6) is 0.611. The van der Waals surface area contributed by atoms with Crippen LogP contribution >= 0.6 is 11.6 Å². The van der Waals surface area contributed by atoms with Gasteiger partial charge >= 0.3 is 0 Å². The van der Waals surface area contributed by atoms with Crippen molar-refractivity contribution in [2.75, 3.05) is 19.8 Å². The lowest BCUT2D eigenvalue weighted by Gasteiger charge is -2.31. The second-order valence-corrected chi connectivity index (χ2v) is 5.98. The van der Waals surface area contributed by atoms with Gasteiger partial charge in [0.2, 0.25) is 5.09 Å². The number of hydrogen-bond donors (Lipinski definition) is 0. The Kier molecular flexibility index (Phi) is 3.77. The van der Waals surface area contributed by atoms with E-state index in [0.29, 0.717) is 25.5 Å². The maximum absolute atomic E-state index is 12.3. The van der Waals surface area contributed by atoms with E-state index in [9.17, 15) is 8.42 Å². The van der Waals surface area contributed by atoms with Gasteiger partial charge in [0.1, 0.15) is 5.76 Å². The van der Waals surface area contributed by atoms with Gasteiger partial charge in [0.15, 0.2) is 0 Å². The molecule has 1 aliphatic rings. The van der Waals surface area contributed by atoms with Gasteiger partial charge in [-0.15, -0.1) is 11.6 Å². The summed E-state index contributed by atoms with van der Waals surface area (Å²) in [5.41, 5.74) is 0. The van der Waals surface area contributed by atoms with Gasteiger partial charge in [-0.25, -0.2) is 8.42 Å². The van der Waals surface area contributed by atoms with Crippen molar-refractivity contribution in [3.05, 3.63) is 17.9 Å². The molecule has 0 radical (unpaired) electrons. The predicted molar refractivity (Wildman–Crippen MR) is 62.4 cm³/mol. The van der Waals surface area contributed by atoms with Crippen LogP contribution in [0, 0.1) is 0 Å². The van der Waals surface area contributed by atoms with Crippen molar-refractivity contribution in [2.45, 2.75) is 23.9 Å². The van der Waals surface area contributed by atoms with Crippen molar-refractivity contribution >= 4 is 21.6 Å². The van der Waals surface area contributed by atoms with E-state index in [4.69, 9.17) is 20.8 Å². The van der Waals surface area contributed by atoms with Crippen molar-refractivity contribution < 1.29 is 17.6 Å². The molecule has 7 heteroatoms. The molecule has 0 saturated carbocycles. The minimum Gasteiger partial charge on any atom is -0.447 e. The van der Waals surface area contributed by atoms with E-state index in [1.807, 2.05) is 6.92 Å². The molecule has 5 nitrogen and oxygen atoms in total.